The van der Waals surface area contributed by atoms with Gasteiger partial charge in [-0.3, -0.25) is 19.2 Å². The van der Waals surface area contributed by atoms with Crippen LogP contribution in [0.25, 0.3) is 0 Å². The van der Waals surface area contributed by atoms with Crippen molar-refractivity contribution in [2.75, 3.05) is 6.54 Å². The van der Waals surface area contributed by atoms with Crippen LogP contribution in [-0.2, 0) is 19.2 Å². The van der Waals surface area contributed by atoms with Crippen molar-refractivity contribution >= 4 is 23.4 Å². The highest BCUT2D eigenvalue weighted by Gasteiger charge is 2.21. The molecule has 2 aliphatic rings. The average Bonchev–Trinajstić information content (AvgIpc) is 2.76. The van der Waals surface area contributed by atoms with Crippen LogP contribution in [0.2, 0.25) is 0 Å². The van der Waals surface area contributed by atoms with E-state index in [0.29, 0.717) is 25.3 Å². The molecule has 0 heterocycles. The van der Waals surface area contributed by atoms with Gasteiger partial charge in [0.25, 0.3) is 11.8 Å². The predicted molar refractivity (Wildman–Crippen MR) is 117 cm³/mol. The first-order valence-corrected chi connectivity index (χ1v) is 12.2. The van der Waals surface area contributed by atoms with Gasteiger partial charge in [-0.05, 0) is 31.6 Å². The Labute approximate surface area is 181 Å². The maximum Gasteiger partial charge on any atom is 0.287 e. The van der Waals surface area contributed by atoms with Gasteiger partial charge in [0, 0.05) is 25.4 Å². The molecule has 2 amide bonds. The first-order valence-electron chi connectivity index (χ1n) is 12.2. The highest BCUT2D eigenvalue weighted by atomic mass is 16.2. The lowest BCUT2D eigenvalue weighted by molar-refractivity contribution is -0.138. The van der Waals surface area contributed by atoms with E-state index in [4.69, 9.17) is 0 Å². The van der Waals surface area contributed by atoms with Gasteiger partial charge in [0.2, 0.25) is 11.6 Å². The molecule has 2 fully saturated rings. The Hall–Kier alpha value is -1.72. The van der Waals surface area contributed by atoms with Gasteiger partial charge >= 0.3 is 0 Å². The molecule has 0 aromatic rings. The summed E-state index contributed by atoms with van der Waals surface area (Å²) in [5.41, 5.74) is 0. The predicted octanol–water partition coefficient (Wildman–Crippen LogP) is 4.00. The van der Waals surface area contributed by atoms with E-state index in [0.717, 1.165) is 70.6 Å². The zero-order chi connectivity index (χ0) is 21.6. The Morgan fingerprint density at radius 3 is 1.93 bits per heavy atom. The van der Waals surface area contributed by atoms with Crippen LogP contribution in [0.1, 0.15) is 109 Å². The molecular formula is C24H40N2O4. The molecule has 2 N–H and O–H groups in total. The number of unbranched alkanes of at least 4 members (excludes halogenated alkanes) is 4. The molecule has 0 spiro atoms. The number of ketones is 2. The Balaban J connectivity index is 1.42. The Bertz CT molecular complexity index is 514. The first kappa shape index (κ1) is 24.5. The van der Waals surface area contributed by atoms with Crippen LogP contribution in [0.3, 0.4) is 0 Å². The summed E-state index contributed by atoms with van der Waals surface area (Å²) in [4.78, 5) is 47.8. The summed E-state index contributed by atoms with van der Waals surface area (Å²) >= 11 is 0. The highest BCUT2D eigenvalue weighted by molar-refractivity contribution is 6.36. The monoisotopic (exact) mass is 420 g/mol. The lowest BCUT2D eigenvalue weighted by Gasteiger charge is -2.22. The molecule has 2 aliphatic carbocycles. The van der Waals surface area contributed by atoms with Crippen LogP contribution in [0.15, 0.2) is 0 Å². The second kappa shape index (κ2) is 14.3. The number of rotatable bonds is 13. The first-order chi connectivity index (χ1) is 14.6. The summed E-state index contributed by atoms with van der Waals surface area (Å²) in [6.07, 6.45) is 16.3. The van der Waals surface area contributed by atoms with E-state index < -0.39 is 11.8 Å². The molecule has 170 valence electrons. The number of hydrogen-bond acceptors (Lipinski definition) is 4. The third-order valence-electron chi connectivity index (χ3n) is 6.51. The minimum Gasteiger partial charge on any atom is -0.350 e. The van der Waals surface area contributed by atoms with Crippen LogP contribution in [0.5, 0.6) is 0 Å². The lowest BCUT2D eigenvalue weighted by atomic mass is 9.86. The smallest absolute Gasteiger partial charge is 0.287 e. The number of carbonyl (C=O) groups excluding carboxylic acids is 4. The number of nitrogens with one attached hydrogen (secondary N) is 2. The van der Waals surface area contributed by atoms with E-state index in [1.807, 2.05) is 0 Å². The normalized spacial score (nSPS) is 18.0. The molecule has 0 bridgehead atoms. The minimum atomic E-state index is -0.435. The number of Topliss-reactive ketones (excluding diaryl/α,β-unsaturated/α-hetero) is 2. The maximum absolute atomic E-state index is 12.0. The van der Waals surface area contributed by atoms with Gasteiger partial charge in [-0.1, -0.05) is 70.6 Å². The average molecular weight is 421 g/mol. The fourth-order valence-corrected chi connectivity index (χ4v) is 4.61. The van der Waals surface area contributed by atoms with E-state index in [1.165, 1.54) is 25.7 Å². The molecule has 6 nitrogen and oxygen atoms in total. The van der Waals surface area contributed by atoms with Crippen LogP contribution in [0.4, 0.5) is 0 Å². The van der Waals surface area contributed by atoms with E-state index >= 15 is 0 Å². The van der Waals surface area contributed by atoms with Crippen LogP contribution >= 0.6 is 0 Å². The fourth-order valence-electron chi connectivity index (χ4n) is 4.61. The number of carbonyl (C=O) groups is 4. The molecule has 30 heavy (non-hydrogen) atoms. The molecule has 2 saturated carbocycles. The van der Waals surface area contributed by atoms with Gasteiger partial charge in [-0.2, -0.15) is 0 Å². The van der Waals surface area contributed by atoms with Gasteiger partial charge in [-0.15, -0.1) is 0 Å². The Kier molecular flexibility index (Phi) is 11.7. The fraction of sp³-hybridized carbons (Fsp3) is 0.833. The summed E-state index contributed by atoms with van der Waals surface area (Å²) in [5.74, 6) is -1.03. The molecule has 0 atom stereocenters. The van der Waals surface area contributed by atoms with E-state index in [9.17, 15) is 19.2 Å². The van der Waals surface area contributed by atoms with Crippen molar-refractivity contribution in [1.29, 1.82) is 0 Å². The minimum absolute atomic E-state index is 0.181. The van der Waals surface area contributed by atoms with Gasteiger partial charge in [0.1, 0.15) is 0 Å². The van der Waals surface area contributed by atoms with Crippen molar-refractivity contribution in [2.24, 2.45) is 5.92 Å². The third kappa shape index (κ3) is 9.86. The molecule has 0 unspecified atom stereocenters. The quantitative estimate of drug-likeness (QED) is 0.348. The number of amides is 2. The number of hydrogen-bond donors (Lipinski definition) is 2. The highest BCUT2D eigenvalue weighted by Crippen LogP contribution is 2.26. The molecule has 0 aromatic heterocycles. The van der Waals surface area contributed by atoms with Gasteiger partial charge in [0.15, 0.2) is 0 Å². The topological polar surface area (TPSA) is 92.3 Å². The summed E-state index contributed by atoms with van der Waals surface area (Å²) in [6, 6.07) is 0.181. The van der Waals surface area contributed by atoms with Crippen LogP contribution < -0.4 is 10.6 Å². The Morgan fingerprint density at radius 2 is 1.23 bits per heavy atom. The van der Waals surface area contributed by atoms with Crippen molar-refractivity contribution in [1.82, 2.24) is 10.6 Å². The molecule has 6 heteroatoms. The molecule has 0 saturated heterocycles. The summed E-state index contributed by atoms with van der Waals surface area (Å²) in [5, 5.41) is 5.62. The van der Waals surface area contributed by atoms with Crippen LogP contribution in [0, 0.1) is 5.92 Å². The van der Waals surface area contributed by atoms with Crippen molar-refractivity contribution in [3.05, 3.63) is 0 Å². The van der Waals surface area contributed by atoms with Gasteiger partial charge in [-0.25, -0.2) is 0 Å². The molecule has 2 rings (SSSR count). The zero-order valence-corrected chi connectivity index (χ0v) is 18.5. The van der Waals surface area contributed by atoms with E-state index in [2.05, 4.69) is 10.6 Å². The SMILES string of the molecule is O=C(CC1CCCCC1)C(=O)NCCCCCCCC(=O)C(=O)NC1CCCCC1. The van der Waals surface area contributed by atoms with Crippen molar-refractivity contribution in [3.8, 4) is 0 Å². The third-order valence-corrected chi connectivity index (χ3v) is 6.51. The lowest BCUT2D eigenvalue weighted by Crippen LogP contribution is -2.40. The van der Waals surface area contributed by atoms with E-state index in [1.54, 1.807) is 0 Å². The summed E-state index contributed by atoms with van der Waals surface area (Å²) in [6.45, 7) is 0.526. The van der Waals surface area contributed by atoms with E-state index in [-0.39, 0.29) is 17.6 Å². The molecule has 0 aromatic carbocycles. The van der Waals surface area contributed by atoms with Gasteiger partial charge in [0.05, 0.1) is 0 Å². The van der Waals surface area contributed by atoms with Crippen molar-refractivity contribution in [3.63, 3.8) is 0 Å². The summed E-state index contributed by atoms with van der Waals surface area (Å²) < 4.78 is 0. The summed E-state index contributed by atoms with van der Waals surface area (Å²) in [7, 11) is 0. The maximum atomic E-state index is 12.0. The largest absolute Gasteiger partial charge is 0.350 e. The van der Waals surface area contributed by atoms with Gasteiger partial charge < -0.3 is 10.6 Å². The zero-order valence-electron chi connectivity index (χ0n) is 18.5. The second-order valence-corrected chi connectivity index (χ2v) is 9.14. The van der Waals surface area contributed by atoms with Crippen molar-refractivity contribution < 1.29 is 19.2 Å². The molecular weight excluding hydrogens is 380 g/mol. The second-order valence-electron chi connectivity index (χ2n) is 9.14. The Morgan fingerprint density at radius 1 is 0.633 bits per heavy atom. The van der Waals surface area contributed by atoms with Crippen LogP contribution in [-0.4, -0.2) is 36.0 Å². The molecule has 0 radical (unpaired) electrons. The van der Waals surface area contributed by atoms with Crippen molar-refractivity contribution in [2.45, 2.75) is 115 Å². The standard InChI is InChI=1S/C24H40N2O4/c27-21(24(30)26-20-14-8-5-9-15-20)16-10-2-1-3-11-17-25-23(29)22(28)18-19-12-6-4-7-13-19/h19-20H,1-18H2,(H,25,29)(H,26,30). The molecule has 0 aliphatic heterocycles.